The summed E-state index contributed by atoms with van der Waals surface area (Å²) in [5, 5.41) is 3.34. The van der Waals surface area contributed by atoms with Crippen LogP contribution in [0.25, 0.3) is 0 Å². The molecule has 2 atom stereocenters. The fourth-order valence-corrected chi connectivity index (χ4v) is 1.96. The van der Waals surface area contributed by atoms with Crippen LogP contribution in [-0.4, -0.2) is 30.8 Å². The summed E-state index contributed by atoms with van der Waals surface area (Å²) < 4.78 is 11.3. The van der Waals surface area contributed by atoms with Crippen molar-refractivity contribution in [3.8, 4) is 11.8 Å². The van der Waals surface area contributed by atoms with E-state index in [1.54, 1.807) is 0 Å². The third kappa shape index (κ3) is 3.33. The molecule has 0 spiro atoms. The normalized spacial score (nSPS) is 24.4. The van der Waals surface area contributed by atoms with Gasteiger partial charge in [-0.2, -0.15) is 4.98 Å². The first kappa shape index (κ1) is 12.2. The van der Waals surface area contributed by atoms with E-state index in [9.17, 15) is 0 Å². The zero-order chi connectivity index (χ0) is 12.1. The third-order valence-corrected chi connectivity index (χ3v) is 3.02. The number of aromatic nitrogens is 1. The van der Waals surface area contributed by atoms with Gasteiger partial charge in [0.15, 0.2) is 0 Å². The number of rotatable bonds is 4. The first-order valence-electron chi connectivity index (χ1n) is 6.27. The van der Waals surface area contributed by atoms with Crippen molar-refractivity contribution in [1.82, 2.24) is 10.3 Å². The summed E-state index contributed by atoms with van der Waals surface area (Å²) >= 11 is 0. The van der Waals surface area contributed by atoms with Gasteiger partial charge in [-0.15, -0.1) is 0 Å². The molecule has 0 saturated carbocycles. The van der Waals surface area contributed by atoms with E-state index in [1.807, 2.05) is 25.1 Å². The van der Waals surface area contributed by atoms with Crippen molar-refractivity contribution in [2.24, 2.45) is 5.92 Å². The van der Waals surface area contributed by atoms with Gasteiger partial charge in [-0.25, -0.2) is 0 Å². The van der Waals surface area contributed by atoms with Crippen molar-refractivity contribution >= 4 is 0 Å². The van der Waals surface area contributed by atoms with Gasteiger partial charge in [-0.3, -0.25) is 0 Å². The average molecular weight is 236 g/mol. The highest BCUT2D eigenvalue weighted by Gasteiger charge is 2.22. The number of piperidine rings is 1. The molecule has 4 nitrogen and oxygen atoms in total. The van der Waals surface area contributed by atoms with E-state index in [-0.39, 0.29) is 6.10 Å². The first-order chi connectivity index (χ1) is 8.29. The molecule has 0 amide bonds. The predicted octanol–water partition coefficient (Wildman–Crippen LogP) is 1.86. The van der Waals surface area contributed by atoms with Crippen LogP contribution in [0.3, 0.4) is 0 Å². The fourth-order valence-electron chi connectivity index (χ4n) is 1.96. The van der Waals surface area contributed by atoms with E-state index >= 15 is 0 Å². The molecular formula is C13H20N2O2. The number of pyridine rings is 1. The van der Waals surface area contributed by atoms with Crippen LogP contribution >= 0.6 is 0 Å². The Labute approximate surface area is 102 Å². The summed E-state index contributed by atoms with van der Waals surface area (Å²) in [6.45, 7) is 6.76. The van der Waals surface area contributed by atoms with E-state index < -0.39 is 0 Å². The Morgan fingerprint density at radius 1 is 1.41 bits per heavy atom. The van der Waals surface area contributed by atoms with Crippen LogP contribution in [0.1, 0.15) is 20.3 Å². The minimum absolute atomic E-state index is 0.202. The van der Waals surface area contributed by atoms with Crippen LogP contribution in [0.15, 0.2) is 18.2 Å². The minimum atomic E-state index is 0.202. The molecule has 1 aromatic heterocycles. The van der Waals surface area contributed by atoms with Gasteiger partial charge in [0, 0.05) is 18.7 Å². The number of ether oxygens (including phenoxy) is 2. The Morgan fingerprint density at radius 2 is 2.24 bits per heavy atom. The Balaban J connectivity index is 1.99. The lowest BCUT2D eigenvalue weighted by Crippen LogP contribution is -2.42. The highest BCUT2D eigenvalue weighted by atomic mass is 16.5. The summed E-state index contributed by atoms with van der Waals surface area (Å²) in [4.78, 5) is 4.32. The van der Waals surface area contributed by atoms with Crippen LogP contribution in [0.2, 0.25) is 0 Å². The van der Waals surface area contributed by atoms with Gasteiger partial charge in [-0.05, 0) is 25.8 Å². The molecule has 1 fully saturated rings. The molecule has 2 rings (SSSR count). The van der Waals surface area contributed by atoms with Crippen LogP contribution in [-0.2, 0) is 0 Å². The topological polar surface area (TPSA) is 43.4 Å². The fraction of sp³-hybridized carbons (Fsp3) is 0.615. The summed E-state index contributed by atoms with van der Waals surface area (Å²) in [5.41, 5.74) is 0. The lowest BCUT2D eigenvalue weighted by Gasteiger charge is -2.29. The molecule has 0 aliphatic carbocycles. The van der Waals surface area contributed by atoms with E-state index in [2.05, 4.69) is 17.2 Å². The van der Waals surface area contributed by atoms with Crippen LogP contribution < -0.4 is 14.8 Å². The maximum absolute atomic E-state index is 5.90. The van der Waals surface area contributed by atoms with Gasteiger partial charge in [0.25, 0.3) is 0 Å². The van der Waals surface area contributed by atoms with Gasteiger partial charge < -0.3 is 14.8 Å². The second kappa shape index (κ2) is 5.87. The summed E-state index contributed by atoms with van der Waals surface area (Å²) in [6, 6.07) is 5.64. The second-order valence-corrected chi connectivity index (χ2v) is 4.37. The van der Waals surface area contributed by atoms with Crippen LogP contribution in [0.4, 0.5) is 0 Å². The molecule has 94 valence electrons. The lowest BCUT2D eigenvalue weighted by molar-refractivity contribution is 0.108. The Hall–Kier alpha value is -1.29. The average Bonchev–Trinajstić information content (AvgIpc) is 2.33. The molecule has 2 unspecified atom stereocenters. The van der Waals surface area contributed by atoms with Gasteiger partial charge in [0.05, 0.1) is 6.61 Å². The molecule has 1 aromatic rings. The Kier molecular flexibility index (Phi) is 4.20. The maximum Gasteiger partial charge on any atom is 0.216 e. The van der Waals surface area contributed by atoms with E-state index in [0.29, 0.717) is 24.3 Å². The summed E-state index contributed by atoms with van der Waals surface area (Å²) in [7, 11) is 0. The van der Waals surface area contributed by atoms with Crippen LogP contribution in [0.5, 0.6) is 11.8 Å². The van der Waals surface area contributed by atoms with Crippen molar-refractivity contribution in [2.45, 2.75) is 26.4 Å². The maximum atomic E-state index is 5.90. The first-order valence-corrected chi connectivity index (χ1v) is 6.27. The van der Waals surface area contributed by atoms with Gasteiger partial charge in [-0.1, -0.05) is 13.0 Å². The standard InChI is InChI=1S/C13H20N2O2/c1-3-16-12-5-4-6-13(15-12)17-11-9-14-8-7-10(11)2/h4-6,10-11,14H,3,7-9H2,1-2H3. The Bertz CT molecular complexity index is 357. The highest BCUT2D eigenvalue weighted by molar-refractivity contribution is 5.20. The van der Waals surface area contributed by atoms with Gasteiger partial charge in [0.2, 0.25) is 11.8 Å². The molecule has 0 radical (unpaired) electrons. The zero-order valence-corrected chi connectivity index (χ0v) is 10.5. The van der Waals surface area contributed by atoms with Gasteiger partial charge in [0.1, 0.15) is 6.10 Å². The molecule has 0 aromatic carbocycles. The number of hydrogen-bond acceptors (Lipinski definition) is 4. The molecule has 4 heteroatoms. The van der Waals surface area contributed by atoms with Crippen molar-refractivity contribution in [3.63, 3.8) is 0 Å². The number of hydrogen-bond donors (Lipinski definition) is 1. The van der Waals surface area contributed by atoms with Crippen molar-refractivity contribution in [2.75, 3.05) is 19.7 Å². The predicted molar refractivity (Wildman–Crippen MR) is 66.5 cm³/mol. The number of nitrogens with zero attached hydrogens (tertiary/aromatic N) is 1. The highest BCUT2D eigenvalue weighted by Crippen LogP contribution is 2.20. The van der Waals surface area contributed by atoms with E-state index in [1.165, 1.54) is 0 Å². The molecule has 1 N–H and O–H groups in total. The lowest BCUT2D eigenvalue weighted by atomic mass is 9.97. The van der Waals surface area contributed by atoms with E-state index in [0.717, 1.165) is 19.5 Å². The monoisotopic (exact) mass is 236 g/mol. The van der Waals surface area contributed by atoms with Gasteiger partial charge >= 0.3 is 0 Å². The van der Waals surface area contributed by atoms with E-state index in [4.69, 9.17) is 9.47 Å². The quantitative estimate of drug-likeness (QED) is 0.866. The molecule has 2 heterocycles. The smallest absolute Gasteiger partial charge is 0.216 e. The Morgan fingerprint density at radius 3 is 3.00 bits per heavy atom. The second-order valence-electron chi connectivity index (χ2n) is 4.37. The summed E-state index contributed by atoms with van der Waals surface area (Å²) in [5.74, 6) is 1.84. The van der Waals surface area contributed by atoms with Crippen molar-refractivity contribution < 1.29 is 9.47 Å². The third-order valence-electron chi connectivity index (χ3n) is 3.02. The van der Waals surface area contributed by atoms with Crippen molar-refractivity contribution in [1.29, 1.82) is 0 Å². The molecule has 17 heavy (non-hydrogen) atoms. The molecule has 0 bridgehead atoms. The molecule has 1 saturated heterocycles. The molecule has 1 aliphatic heterocycles. The molecular weight excluding hydrogens is 216 g/mol. The minimum Gasteiger partial charge on any atom is -0.478 e. The van der Waals surface area contributed by atoms with Crippen molar-refractivity contribution in [3.05, 3.63) is 18.2 Å². The van der Waals surface area contributed by atoms with Crippen LogP contribution in [0, 0.1) is 5.92 Å². The number of nitrogens with one attached hydrogen (secondary N) is 1. The molecule has 1 aliphatic rings. The largest absolute Gasteiger partial charge is 0.478 e. The summed E-state index contributed by atoms with van der Waals surface area (Å²) in [6.07, 6.45) is 1.35. The SMILES string of the molecule is CCOc1cccc(OC2CNCCC2C)n1. The zero-order valence-electron chi connectivity index (χ0n) is 10.5.